The molecule has 18 heavy (non-hydrogen) atoms. The number of nitrogen functional groups attached to an aromatic ring is 1. The van der Waals surface area contributed by atoms with Crippen LogP contribution in [0.25, 0.3) is 0 Å². The summed E-state index contributed by atoms with van der Waals surface area (Å²) in [6.07, 6.45) is 1.01. The van der Waals surface area contributed by atoms with Gasteiger partial charge in [0.25, 0.3) is 5.91 Å². The lowest BCUT2D eigenvalue weighted by molar-refractivity contribution is 0.100. The van der Waals surface area contributed by atoms with E-state index in [2.05, 4.69) is 6.92 Å². The summed E-state index contributed by atoms with van der Waals surface area (Å²) in [5.41, 5.74) is 11.5. The van der Waals surface area contributed by atoms with Crippen molar-refractivity contribution in [1.82, 2.24) is 0 Å². The van der Waals surface area contributed by atoms with Crippen molar-refractivity contribution in [3.05, 3.63) is 23.5 Å². The van der Waals surface area contributed by atoms with Crippen molar-refractivity contribution in [2.75, 3.05) is 17.2 Å². The molecule has 1 saturated heterocycles. The molecular weight excluding hydrogens is 233 g/mol. The lowest BCUT2D eigenvalue weighted by Gasteiger charge is -2.25. The molecule has 4 nitrogen and oxygen atoms in total. The summed E-state index contributed by atoms with van der Waals surface area (Å²) in [6, 6.07) is 2.88. The molecule has 1 aromatic rings. The van der Waals surface area contributed by atoms with Gasteiger partial charge in [-0.1, -0.05) is 6.92 Å². The van der Waals surface area contributed by atoms with E-state index in [1.165, 1.54) is 12.1 Å². The van der Waals surface area contributed by atoms with E-state index in [4.69, 9.17) is 11.5 Å². The van der Waals surface area contributed by atoms with Crippen molar-refractivity contribution < 1.29 is 9.18 Å². The number of hydrogen-bond donors (Lipinski definition) is 2. The predicted octanol–water partition coefficient (Wildman–Crippen LogP) is 1.74. The molecule has 0 saturated carbocycles. The average Bonchev–Trinajstić information content (AvgIpc) is 2.57. The van der Waals surface area contributed by atoms with E-state index >= 15 is 0 Å². The first-order valence-corrected chi connectivity index (χ1v) is 6.05. The van der Waals surface area contributed by atoms with Crippen LogP contribution in [0.3, 0.4) is 0 Å². The van der Waals surface area contributed by atoms with Gasteiger partial charge in [-0.2, -0.15) is 0 Å². The Balaban J connectivity index is 2.44. The van der Waals surface area contributed by atoms with Gasteiger partial charge in [0, 0.05) is 18.3 Å². The van der Waals surface area contributed by atoms with Crippen molar-refractivity contribution in [2.24, 2.45) is 11.7 Å². The Labute approximate surface area is 106 Å². The molecule has 98 valence electrons. The minimum atomic E-state index is -0.631. The summed E-state index contributed by atoms with van der Waals surface area (Å²) in [5.74, 6) is -0.527. The highest BCUT2D eigenvalue weighted by molar-refractivity contribution is 5.99. The Bertz CT molecular complexity index is 489. The highest BCUT2D eigenvalue weighted by atomic mass is 19.1. The fraction of sp³-hybridized carbons (Fsp3) is 0.462. The van der Waals surface area contributed by atoms with Crippen LogP contribution in [-0.2, 0) is 0 Å². The lowest BCUT2D eigenvalue weighted by Crippen LogP contribution is -2.28. The third-order valence-corrected chi connectivity index (χ3v) is 3.48. The van der Waals surface area contributed by atoms with Gasteiger partial charge in [0.2, 0.25) is 0 Å². The van der Waals surface area contributed by atoms with Gasteiger partial charge >= 0.3 is 0 Å². The average molecular weight is 251 g/mol. The third kappa shape index (κ3) is 2.12. The fourth-order valence-corrected chi connectivity index (χ4v) is 2.65. The van der Waals surface area contributed by atoms with Gasteiger partial charge in [0.05, 0.1) is 11.3 Å². The summed E-state index contributed by atoms with van der Waals surface area (Å²) in [6.45, 7) is 4.95. The number of halogens is 1. The molecule has 0 bridgehead atoms. The van der Waals surface area contributed by atoms with Crippen LogP contribution in [-0.4, -0.2) is 18.5 Å². The number of amides is 1. The van der Waals surface area contributed by atoms with Crippen molar-refractivity contribution >= 4 is 17.3 Å². The van der Waals surface area contributed by atoms with E-state index in [0.717, 1.165) is 13.0 Å². The van der Waals surface area contributed by atoms with Crippen LogP contribution in [0.5, 0.6) is 0 Å². The molecule has 0 spiro atoms. The van der Waals surface area contributed by atoms with E-state index in [-0.39, 0.29) is 17.3 Å². The summed E-state index contributed by atoms with van der Waals surface area (Å²) in [4.78, 5) is 13.2. The monoisotopic (exact) mass is 251 g/mol. The Kier molecular flexibility index (Phi) is 3.15. The number of nitrogens with zero attached hydrogens (tertiary/aromatic N) is 1. The normalized spacial score (nSPS) is 23.4. The summed E-state index contributed by atoms with van der Waals surface area (Å²) >= 11 is 0. The Morgan fingerprint density at radius 3 is 2.61 bits per heavy atom. The molecule has 1 aliphatic heterocycles. The van der Waals surface area contributed by atoms with E-state index in [1.807, 2.05) is 11.8 Å². The number of hydrogen-bond acceptors (Lipinski definition) is 3. The van der Waals surface area contributed by atoms with Gasteiger partial charge in [0.15, 0.2) is 0 Å². The second kappa shape index (κ2) is 4.48. The highest BCUT2D eigenvalue weighted by Crippen LogP contribution is 2.32. The van der Waals surface area contributed by atoms with Gasteiger partial charge in [-0.3, -0.25) is 4.79 Å². The first-order valence-electron chi connectivity index (χ1n) is 6.05. The molecule has 5 heteroatoms. The summed E-state index contributed by atoms with van der Waals surface area (Å²) in [5, 5.41) is 0. The van der Waals surface area contributed by atoms with Crippen LogP contribution < -0.4 is 16.4 Å². The molecule has 4 N–H and O–H groups in total. The molecule has 2 rings (SSSR count). The van der Waals surface area contributed by atoms with E-state index in [1.54, 1.807) is 0 Å². The van der Waals surface area contributed by atoms with Crippen LogP contribution in [0.1, 0.15) is 30.6 Å². The second-order valence-electron chi connectivity index (χ2n) is 5.10. The third-order valence-electron chi connectivity index (χ3n) is 3.48. The zero-order valence-corrected chi connectivity index (χ0v) is 10.6. The van der Waals surface area contributed by atoms with Crippen molar-refractivity contribution in [3.63, 3.8) is 0 Å². The molecular formula is C13H18FN3O. The van der Waals surface area contributed by atoms with Crippen molar-refractivity contribution in [2.45, 2.75) is 26.3 Å². The van der Waals surface area contributed by atoms with E-state index < -0.39 is 11.7 Å². The van der Waals surface area contributed by atoms with Crippen LogP contribution >= 0.6 is 0 Å². The van der Waals surface area contributed by atoms with Crippen molar-refractivity contribution in [1.29, 1.82) is 0 Å². The molecule has 2 atom stereocenters. The largest absolute Gasteiger partial charge is 0.398 e. The summed E-state index contributed by atoms with van der Waals surface area (Å²) in [7, 11) is 0. The molecule has 1 aliphatic rings. The van der Waals surface area contributed by atoms with Gasteiger partial charge in [-0.25, -0.2) is 4.39 Å². The molecule has 1 heterocycles. The molecule has 1 aromatic carbocycles. The second-order valence-corrected chi connectivity index (χ2v) is 5.10. The summed E-state index contributed by atoms with van der Waals surface area (Å²) < 4.78 is 14.0. The number of carbonyl (C=O) groups excluding carboxylic acids is 1. The topological polar surface area (TPSA) is 72.3 Å². The van der Waals surface area contributed by atoms with Crippen LogP contribution in [0.4, 0.5) is 15.8 Å². The standard InChI is InChI=1S/C13H18FN3O/c1-7-3-8(2)17(6-7)12-4-9(13(16)18)11(15)5-10(12)14/h4-5,7-8H,3,6,15H2,1-2H3,(H2,16,18). The Morgan fingerprint density at radius 2 is 2.11 bits per heavy atom. The maximum atomic E-state index is 14.0. The lowest BCUT2D eigenvalue weighted by atomic mass is 10.1. The number of anilines is 2. The SMILES string of the molecule is CC1CC(C)N(c2cc(C(N)=O)c(N)cc2F)C1. The van der Waals surface area contributed by atoms with E-state index in [0.29, 0.717) is 11.6 Å². The molecule has 1 fully saturated rings. The maximum Gasteiger partial charge on any atom is 0.250 e. The quantitative estimate of drug-likeness (QED) is 0.786. The van der Waals surface area contributed by atoms with Gasteiger partial charge in [0.1, 0.15) is 5.82 Å². The molecule has 1 amide bonds. The van der Waals surface area contributed by atoms with Crippen LogP contribution in [0.2, 0.25) is 0 Å². The number of primary amides is 1. The van der Waals surface area contributed by atoms with Gasteiger partial charge in [-0.05, 0) is 31.4 Å². The molecule has 0 aromatic heterocycles. The van der Waals surface area contributed by atoms with Crippen LogP contribution in [0.15, 0.2) is 12.1 Å². The highest BCUT2D eigenvalue weighted by Gasteiger charge is 2.28. The molecule has 0 radical (unpaired) electrons. The number of benzene rings is 1. The first kappa shape index (κ1) is 12.7. The maximum absolute atomic E-state index is 14.0. The first-order chi connectivity index (χ1) is 8.40. The van der Waals surface area contributed by atoms with Gasteiger partial charge in [-0.15, -0.1) is 0 Å². The number of carbonyl (C=O) groups is 1. The van der Waals surface area contributed by atoms with E-state index in [9.17, 15) is 9.18 Å². The fourth-order valence-electron chi connectivity index (χ4n) is 2.65. The minimum absolute atomic E-state index is 0.0867. The van der Waals surface area contributed by atoms with Crippen LogP contribution in [0, 0.1) is 11.7 Å². The number of rotatable bonds is 2. The Morgan fingerprint density at radius 1 is 1.44 bits per heavy atom. The zero-order valence-electron chi connectivity index (χ0n) is 10.6. The predicted molar refractivity (Wildman–Crippen MR) is 69.9 cm³/mol. The number of nitrogens with two attached hydrogens (primary N) is 2. The molecule has 0 aliphatic carbocycles. The zero-order chi connectivity index (χ0) is 13.4. The Hall–Kier alpha value is -1.78. The minimum Gasteiger partial charge on any atom is -0.398 e. The van der Waals surface area contributed by atoms with Gasteiger partial charge < -0.3 is 16.4 Å². The van der Waals surface area contributed by atoms with Crippen molar-refractivity contribution in [3.8, 4) is 0 Å². The smallest absolute Gasteiger partial charge is 0.250 e. The molecule has 2 unspecified atom stereocenters.